The van der Waals surface area contributed by atoms with Crippen molar-refractivity contribution in [2.75, 3.05) is 0 Å². The van der Waals surface area contributed by atoms with Crippen LogP contribution in [0.5, 0.6) is 0 Å². The molecule has 0 aliphatic carbocycles. The van der Waals surface area contributed by atoms with Gasteiger partial charge in [-0.3, -0.25) is 0 Å². The summed E-state index contributed by atoms with van der Waals surface area (Å²) in [4.78, 5) is 0. The Morgan fingerprint density at radius 2 is 1.25 bits per heavy atom. The Bertz CT molecular complexity index is 8.00. The number of hydrogen-bond acceptors (Lipinski definition) is 1. The third-order valence-corrected chi connectivity index (χ3v) is 0. The second kappa shape index (κ2) is 22.6. The Hall–Kier alpha value is 1.67. The molecule has 0 rings (SSSR count). The monoisotopic (exact) mass is 372 g/mol. The molecule has 0 heterocycles. The summed E-state index contributed by atoms with van der Waals surface area (Å²) in [5.41, 5.74) is 0. The summed E-state index contributed by atoms with van der Waals surface area (Å²) in [6, 6.07) is 0. The van der Waals surface area contributed by atoms with Crippen molar-refractivity contribution in [3.63, 3.8) is 0 Å². The minimum atomic E-state index is 0. The van der Waals surface area contributed by atoms with Crippen LogP contribution in [-0.4, -0.2) is 0 Å². The molecule has 0 aromatic heterocycles. The molecule has 0 aliphatic rings. The average Bonchev–Trinajstić information content (AvgIpc) is 1.00. The fraction of sp³-hybridized carbons (Fsp3) is 0. The molecular formula is MnOPdPt. The van der Waals surface area contributed by atoms with E-state index in [-0.39, 0.29) is 41.5 Å². The molecule has 0 aromatic carbocycles. The standard InChI is InChI=1S/Mn.O.Pd.Pt. The maximum Gasteiger partial charge on any atom is 0 e. The molecule has 0 amide bonds. The van der Waals surface area contributed by atoms with E-state index in [9.17, 15) is 0 Å². The first-order chi connectivity index (χ1) is 1.00. The van der Waals surface area contributed by atoms with Crippen molar-refractivity contribution in [1.82, 2.24) is 0 Å². The van der Waals surface area contributed by atoms with Crippen LogP contribution in [0.15, 0.2) is 0 Å². The summed E-state index contributed by atoms with van der Waals surface area (Å²) in [5, 5.41) is 0. The van der Waals surface area contributed by atoms with E-state index in [4.69, 9.17) is 3.83 Å². The van der Waals surface area contributed by atoms with Gasteiger partial charge in [-0.1, -0.05) is 0 Å². The predicted octanol–water partition coefficient (Wildman–Crippen LogP) is -0.126. The van der Waals surface area contributed by atoms with Crippen LogP contribution in [0.2, 0.25) is 0 Å². The minimum Gasteiger partial charge on any atom is 0 e. The Morgan fingerprint density at radius 1 is 1.25 bits per heavy atom. The van der Waals surface area contributed by atoms with Gasteiger partial charge in [0.2, 0.25) is 0 Å². The SMILES string of the molecule is [O]=[Mn].[Pd].[Pt]. The largest absolute Gasteiger partial charge is 0 e. The molecular weight excluding hydrogens is 372 g/mol. The van der Waals surface area contributed by atoms with Crippen LogP contribution >= 0.6 is 0 Å². The smallest absolute Gasteiger partial charge is 0 e. The topological polar surface area (TPSA) is 17.1 Å². The molecule has 4 heavy (non-hydrogen) atoms. The van der Waals surface area contributed by atoms with E-state index in [0.29, 0.717) is 0 Å². The first-order valence-corrected chi connectivity index (χ1v) is 0.636. The van der Waals surface area contributed by atoms with Crippen molar-refractivity contribution in [2.24, 2.45) is 0 Å². The number of hydrogen-bond donors (Lipinski definition) is 0. The van der Waals surface area contributed by atoms with Crippen molar-refractivity contribution in [3.05, 3.63) is 0 Å². The quantitative estimate of drug-likeness (QED) is 0.542. The molecule has 0 spiro atoms. The maximum atomic E-state index is 8.06. The summed E-state index contributed by atoms with van der Waals surface area (Å²) >= 11 is 1.69. The van der Waals surface area contributed by atoms with E-state index >= 15 is 0 Å². The molecule has 0 aliphatic heterocycles. The van der Waals surface area contributed by atoms with E-state index in [0.717, 1.165) is 0 Å². The fourth-order valence-corrected chi connectivity index (χ4v) is 0. The summed E-state index contributed by atoms with van der Waals surface area (Å²) < 4.78 is 8.06. The van der Waals surface area contributed by atoms with Crippen molar-refractivity contribution < 1.29 is 61.3 Å². The van der Waals surface area contributed by atoms with Gasteiger partial charge in [0.25, 0.3) is 0 Å². The molecule has 0 atom stereocenters. The van der Waals surface area contributed by atoms with Gasteiger partial charge in [-0.25, -0.2) is 0 Å². The van der Waals surface area contributed by atoms with Gasteiger partial charge >= 0.3 is 19.8 Å². The van der Waals surface area contributed by atoms with Crippen molar-refractivity contribution in [1.29, 1.82) is 0 Å². The van der Waals surface area contributed by atoms with Crippen molar-refractivity contribution in [2.45, 2.75) is 0 Å². The van der Waals surface area contributed by atoms with Gasteiger partial charge in [0.15, 0.2) is 0 Å². The van der Waals surface area contributed by atoms with E-state index in [2.05, 4.69) is 0 Å². The predicted molar refractivity (Wildman–Crippen MR) is 0.686 cm³/mol. The summed E-state index contributed by atoms with van der Waals surface area (Å²) in [7, 11) is 0. The Morgan fingerprint density at radius 3 is 1.25 bits per heavy atom. The molecule has 0 fully saturated rings. The molecule has 33 valence electrons. The average molecular weight is 372 g/mol. The Balaban J connectivity index is -0.00000000500. The fourth-order valence-electron chi connectivity index (χ4n) is 0. The molecule has 0 saturated carbocycles. The van der Waals surface area contributed by atoms with Crippen LogP contribution in [0.1, 0.15) is 0 Å². The molecule has 0 unspecified atom stereocenters. The van der Waals surface area contributed by atoms with Crippen LogP contribution in [-0.2, 0) is 61.3 Å². The van der Waals surface area contributed by atoms with Crippen LogP contribution in [0.3, 0.4) is 0 Å². The summed E-state index contributed by atoms with van der Waals surface area (Å²) in [5.74, 6) is 0. The molecule has 1 nitrogen and oxygen atoms in total. The van der Waals surface area contributed by atoms with Crippen LogP contribution in [0.4, 0.5) is 0 Å². The molecule has 0 bridgehead atoms. The van der Waals surface area contributed by atoms with E-state index in [1.807, 2.05) is 0 Å². The summed E-state index contributed by atoms with van der Waals surface area (Å²) in [6.07, 6.45) is 0. The van der Waals surface area contributed by atoms with Crippen LogP contribution in [0, 0.1) is 0 Å². The molecule has 0 radical (unpaired) electrons. The van der Waals surface area contributed by atoms with Gasteiger partial charge in [0.05, 0.1) is 0 Å². The molecule has 0 saturated heterocycles. The third-order valence-electron chi connectivity index (χ3n) is 0. The zero-order valence-electron chi connectivity index (χ0n) is 1.42. The Kier molecular flexibility index (Phi) is 97.8. The van der Waals surface area contributed by atoms with E-state index in [1.54, 1.807) is 15.9 Å². The first kappa shape index (κ1) is 17.3. The van der Waals surface area contributed by atoms with Gasteiger partial charge in [0.1, 0.15) is 0 Å². The van der Waals surface area contributed by atoms with Crippen LogP contribution < -0.4 is 0 Å². The molecule has 4 heteroatoms. The summed E-state index contributed by atoms with van der Waals surface area (Å²) in [6.45, 7) is 0. The second-order valence-corrected chi connectivity index (χ2v) is 0. The van der Waals surface area contributed by atoms with Crippen molar-refractivity contribution in [3.8, 4) is 0 Å². The Labute approximate surface area is 60.8 Å². The van der Waals surface area contributed by atoms with E-state index in [1.165, 1.54) is 0 Å². The number of rotatable bonds is 0. The van der Waals surface area contributed by atoms with E-state index < -0.39 is 0 Å². The van der Waals surface area contributed by atoms with Gasteiger partial charge in [-0.05, 0) is 0 Å². The van der Waals surface area contributed by atoms with Gasteiger partial charge < -0.3 is 0 Å². The normalized spacial score (nSPS) is 1.00. The molecule has 0 N–H and O–H groups in total. The van der Waals surface area contributed by atoms with Gasteiger partial charge in [0, 0.05) is 41.5 Å². The second-order valence-electron chi connectivity index (χ2n) is 0. The zero-order chi connectivity index (χ0) is 2.00. The minimum absolute atomic E-state index is 0. The van der Waals surface area contributed by atoms with Crippen LogP contribution in [0.25, 0.3) is 0 Å². The maximum absolute atomic E-state index is 8.06. The van der Waals surface area contributed by atoms with Gasteiger partial charge in [-0.2, -0.15) is 0 Å². The van der Waals surface area contributed by atoms with Gasteiger partial charge in [-0.15, -0.1) is 0 Å². The van der Waals surface area contributed by atoms with Crippen molar-refractivity contribution >= 4 is 0 Å². The molecule has 0 aromatic rings. The zero-order valence-corrected chi connectivity index (χ0v) is 6.43. The first-order valence-electron chi connectivity index (χ1n) is 0.154. The third kappa shape index (κ3) is 9.38.